The van der Waals surface area contributed by atoms with Crippen LogP contribution in [0.2, 0.25) is 0 Å². The normalized spacial score (nSPS) is 40.4. The van der Waals surface area contributed by atoms with Gasteiger partial charge in [-0.3, -0.25) is 0 Å². The first-order chi connectivity index (χ1) is 4.77. The molecule has 0 radical (unpaired) electrons. The Morgan fingerprint density at radius 2 is 2.50 bits per heavy atom. The Morgan fingerprint density at radius 3 is 2.90 bits per heavy atom. The van der Waals surface area contributed by atoms with Crippen molar-refractivity contribution in [2.75, 3.05) is 13.7 Å². The van der Waals surface area contributed by atoms with Crippen molar-refractivity contribution in [2.24, 2.45) is 0 Å². The first kappa shape index (κ1) is 8.05. The van der Waals surface area contributed by atoms with Crippen LogP contribution < -0.4 is 0 Å². The standard InChI is InChI=1S/C6H13BO3/c1-9-4-2-6(7)10-5(4)3-8/h4-6,8H,2-3,7H2,1H3/t4-,5-,6?/m1/s1. The summed E-state index contributed by atoms with van der Waals surface area (Å²) in [5.74, 6) is 0. The third kappa shape index (κ3) is 1.51. The number of aliphatic hydroxyl groups is 1. The number of hydrogen-bond donors (Lipinski definition) is 1. The van der Waals surface area contributed by atoms with E-state index in [-0.39, 0.29) is 24.8 Å². The Morgan fingerprint density at radius 1 is 1.80 bits per heavy atom. The van der Waals surface area contributed by atoms with E-state index < -0.39 is 0 Å². The van der Waals surface area contributed by atoms with E-state index in [0.29, 0.717) is 0 Å². The third-order valence-corrected chi connectivity index (χ3v) is 1.87. The van der Waals surface area contributed by atoms with Gasteiger partial charge in [0.05, 0.1) is 12.7 Å². The van der Waals surface area contributed by atoms with Crippen molar-refractivity contribution in [3.8, 4) is 0 Å². The molecule has 10 heavy (non-hydrogen) atoms. The van der Waals surface area contributed by atoms with Gasteiger partial charge in [0, 0.05) is 13.1 Å². The van der Waals surface area contributed by atoms with E-state index in [2.05, 4.69) is 0 Å². The summed E-state index contributed by atoms with van der Waals surface area (Å²) in [5, 5.41) is 8.78. The molecule has 1 aliphatic heterocycles. The molecule has 1 heterocycles. The summed E-state index contributed by atoms with van der Waals surface area (Å²) in [7, 11) is 3.64. The molecule has 1 rings (SSSR count). The molecule has 3 atom stereocenters. The molecule has 1 unspecified atom stereocenters. The maximum Gasteiger partial charge on any atom is 0.139 e. The summed E-state index contributed by atoms with van der Waals surface area (Å²) >= 11 is 0. The van der Waals surface area contributed by atoms with E-state index in [1.54, 1.807) is 7.11 Å². The molecule has 4 heteroatoms. The van der Waals surface area contributed by atoms with Gasteiger partial charge in [0.1, 0.15) is 14.0 Å². The van der Waals surface area contributed by atoms with Crippen molar-refractivity contribution < 1.29 is 14.6 Å². The van der Waals surface area contributed by atoms with Crippen molar-refractivity contribution in [2.45, 2.75) is 24.6 Å². The lowest BCUT2D eigenvalue weighted by Gasteiger charge is -2.13. The Bertz CT molecular complexity index is 97.2. The zero-order valence-electron chi connectivity index (χ0n) is 6.41. The molecule has 1 fully saturated rings. The fraction of sp³-hybridized carbons (Fsp3) is 1.00. The molecule has 0 bridgehead atoms. The summed E-state index contributed by atoms with van der Waals surface area (Å²) in [4.78, 5) is 0. The highest BCUT2D eigenvalue weighted by molar-refractivity contribution is 6.11. The average molecular weight is 144 g/mol. The Kier molecular flexibility index (Phi) is 2.71. The average Bonchev–Trinajstić information content (AvgIpc) is 2.30. The molecule has 0 aromatic heterocycles. The van der Waals surface area contributed by atoms with E-state index >= 15 is 0 Å². The van der Waals surface area contributed by atoms with E-state index in [1.807, 2.05) is 7.85 Å². The summed E-state index contributed by atoms with van der Waals surface area (Å²) in [6.45, 7) is 0.0584. The van der Waals surface area contributed by atoms with Crippen molar-refractivity contribution >= 4 is 7.85 Å². The minimum atomic E-state index is -0.111. The molecule has 1 aliphatic rings. The van der Waals surface area contributed by atoms with Gasteiger partial charge in [-0.25, -0.2) is 0 Å². The van der Waals surface area contributed by atoms with Crippen LogP contribution in [0.15, 0.2) is 0 Å². The van der Waals surface area contributed by atoms with Gasteiger partial charge in [-0.1, -0.05) is 0 Å². The monoisotopic (exact) mass is 144 g/mol. The first-order valence-electron chi connectivity index (χ1n) is 3.57. The fourth-order valence-corrected chi connectivity index (χ4v) is 1.33. The van der Waals surface area contributed by atoms with Gasteiger partial charge < -0.3 is 14.6 Å². The van der Waals surface area contributed by atoms with Crippen LogP contribution in [0.1, 0.15) is 6.42 Å². The van der Waals surface area contributed by atoms with Crippen LogP contribution in [0.4, 0.5) is 0 Å². The van der Waals surface area contributed by atoms with Crippen molar-refractivity contribution in [1.29, 1.82) is 0 Å². The Labute approximate surface area is 61.7 Å². The van der Waals surface area contributed by atoms with Gasteiger partial charge in [0.25, 0.3) is 0 Å². The first-order valence-corrected chi connectivity index (χ1v) is 3.57. The van der Waals surface area contributed by atoms with Crippen LogP contribution in [0, 0.1) is 0 Å². The Balaban J connectivity index is 2.41. The van der Waals surface area contributed by atoms with Gasteiger partial charge in [0.2, 0.25) is 0 Å². The zero-order chi connectivity index (χ0) is 7.56. The maximum absolute atomic E-state index is 8.78. The van der Waals surface area contributed by atoms with E-state index in [1.165, 1.54) is 0 Å². The van der Waals surface area contributed by atoms with Gasteiger partial charge in [-0.05, 0) is 6.42 Å². The third-order valence-electron chi connectivity index (χ3n) is 1.87. The predicted octanol–water partition coefficient (Wildman–Crippen LogP) is -1.26. The molecule has 0 aliphatic carbocycles. The lowest BCUT2D eigenvalue weighted by atomic mass is 9.96. The molecule has 58 valence electrons. The van der Waals surface area contributed by atoms with Gasteiger partial charge in [-0.15, -0.1) is 0 Å². The number of ether oxygens (including phenoxy) is 2. The molecule has 0 amide bonds. The van der Waals surface area contributed by atoms with E-state index in [4.69, 9.17) is 14.6 Å². The number of hydrogen-bond acceptors (Lipinski definition) is 3. The van der Waals surface area contributed by atoms with E-state index in [9.17, 15) is 0 Å². The highest BCUT2D eigenvalue weighted by atomic mass is 16.6. The molecule has 0 aromatic rings. The second kappa shape index (κ2) is 3.37. The van der Waals surface area contributed by atoms with Crippen LogP contribution in [0.3, 0.4) is 0 Å². The molecular weight excluding hydrogens is 131 g/mol. The summed E-state index contributed by atoms with van der Waals surface area (Å²) in [5.41, 5.74) is 0. The smallest absolute Gasteiger partial charge is 0.139 e. The van der Waals surface area contributed by atoms with Crippen LogP contribution in [-0.4, -0.2) is 44.9 Å². The summed E-state index contributed by atoms with van der Waals surface area (Å²) in [6, 6.07) is 0.224. The minimum absolute atomic E-state index is 0.0584. The SMILES string of the molecule is BC1C[C@@H](OC)[C@@H](CO)O1. The lowest BCUT2D eigenvalue weighted by Crippen LogP contribution is -2.26. The maximum atomic E-state index is 8.78. The minimum Gasteiger partial charge on any atom is -0.394 e. The van der Waals surface area contributed by atoms with Gasteiger partial charge >= 0.3 is 0 Å². The zero-order valence-corrected chi connectivity index (χ0v) is 6.41. The van der Waals surface area contributed by atoms with Crippen LogP contribution >= 0.6 is 0 Å². The quantitative estimate of drug-likeness (QED) is 0.491. The second-order valence-corrected chi connectivity index (χ2v) is 2.68. The fourth-order valence-electron chi connectivity index (χ4n) is 1.33. The summed E-state index contributed by atoms with van der Waals surface area (Å²) < 4.78 is 10.4. The molecular formula is C6H13BO3. The van der Waals surface area contributed by atoms with Gasteiger partial charge in [0.15, 0.2) is 0 Å². The van der Waals surface area contributed by atoms with Crippen molar-refractivity contribution in [3.63, 3.8) is 0 Å². The van der Waals surface area contributed by atoms with Crippen molar-refractivity contribution in [1.82, 2.24) is 0 Å². The number of methoxy groups -OCH3 is 1. The molecule has 0 aromatic carbocycles. The molecule has 3 nitrogen and oxygen atoms in total. The molecule has 1 saturated heterocycles. The second-order valence-electron chi connectivity index (χ2n) is 2.68. The lowest BCUT2D eigenvalue weighted by molar-refractivity contribution is -0.0205. The molecule has 0 spiro atoms. The number of rotatable bonds is 2. The van der Waals surface area contributed by atoms with Gasteiger partial charge in [-0.2, -0.15) is 0 Å². The highest BCUT2D eigenvalue weighted by Gasteiger charge is 2.31. The van der Waals surface area contributed by atoms with Crippen molar-refractivity contribution in [3.05, 3.63) is 0 Å². The molecule has 1 N–H and O–H groups in total. The van der Waals surface area contributed by atoms with Crippen LogP contribution in [0.5, 0.6) is 0 Å². The van der Waals surface area contributed by atoms with Crippen LogP contribution in [-0.2, 0) is 9.47 Å². The van der Waals surface area contributed by atoms with Crippen LogP contribution in [0.25, 0.3) is 0 Å². The predicted molar refractivity (Wildman–Crippen MR) is 39.7 cm³/mol. The Hall–Kier alpha value is -0.0551. The summed E-state index contributed by atoms with van der Waals surface area (Å²) in [6.07, 6.45) is 0.863. The van der Waals surface area contributed by atoms with E-state index in [0.717, 1.165) is 6.42 Å². The molecule has 0 saturated carbocycles. The largest absolute Gasteiger partial charge is 0.394 e. The topological polar surface area (TPSA) is 38.7 Å². The highest BCUT2D eigenvalue weighted by Crippen LogP contribution is 2.19. The number of aliphatic hydroxyl groups excluding tert-OH is 1.